The monoisotopic (exact) mass is 261 g/mol. The van der Waals surface area contributed by atoms with Crippen molar-refractivity contribution in [1.82, 2.24) is 0 Å². The fourth-order valence-corrected chi connectivity index (χ4v) is 1.75. The van der Waals surface area contributed by atoms with E-state index < -0.39 is 14.5 Å². The second kappa shape index (κ2) is 14.0. The molecule has 4 N–H and O–H groups in total. The third-order valence-electron chi connectivity index (χ3n) is 1.82. The normalized spacial score (nSPS) is 13.1. The molecule has 0 aliphatic heterocycles. The van der Waals surface area contributed by atoms with Gasteiger partial charge >= 0.3 is 37.8 Å². The quantitative estimate of drug-likeness (QED) is 0.228. The topological polar surface area (TPSA) is 87.6 Å². The van der Waals surface area contributed by atoms with Crippen molar-refractivity contribution < 1.29 is 44.6 Å². The van der Waals surface area contributed by atoms with Crippen LogP contribution in [0.3, 0.4) is 0 Å². The molecule has 92 valence electrons. The number of nitrogens with two attached hydrogens (primary N) is 2. The van der Waals surface area contributed by atoms with Gasteiger partial charge in [0.05, 0.1) is 0 Å². The SMILES string of the molecule is CCCO[P+](=O)OC(N)CCCCCN.[H-].[Na+]. The predicted octanol–water partition coefficient (Wildman–Crippen LogP) is -0.993. The molecule has 0 aromatic carbocycles. The molecule has 0 radical (unpaired) electrons. The van der Waals surface area contributed by atoms with Gasteiger partial charge in [-0.15, -0.1) is 9.05 Å². The van der Waals surface area contributed by atoms with E-state index in [0.29, 0.717) is 19.6 Å². The number of hydrogen-bond donors (Lipinski definition) is 2. The van der Waals surface area contributed by atoms with Gasteiger partial charge in [-0.1, -0.05) is 13.3 Å². The minimum absolute atomic E-state index is 0. The first-order chi connectivity index (χ1) is 7.20. The van der Waals surface area contributed by atoms with Gasteiger partial charge in [-0.25, -0.2) is 0 Å². The largest absolute Gasteiger partial charge is 1.00 e. The van der Waals surface area contributed by atoms with E-state index in [2.05, 4.69) is 0 Å². The molecule has 0 fully saturated rings. The molecule has 0 rings (SSSR count). The van der Waals surface area contributed by atoms with Gasteiger partial charge in [-0.3, -0.25) is 0 Å². The van der Waals surface area contributed by atoms with E-state index in [-0.39, 0.29) is 31.0 Å². The number of rotatable bonds is 10. The number of unbranched alkanes of at least 4 members (excludes halogenated alkanes) is 2. The molecule has 0 spiro atoms. The van der Waals surface area contributed by atoms with Gasteiger partial charge in [-0.2, -0.15) is 0 Å². The zero-order valence-electron chi connectivity index (χ0n) is 11.4. The first-order valence-corrected chi connectivity index (χ1v) is 6.52. The van der Waals surface area contributed by atoms with Crippen LogP contribution in [0.2, 0.25) is 0 Å². The summed E-state index contributed by atoms with van der Waals surface area (Å²) in [6.07, 6.45) is 3.97. The summed E-state index contributed by atoms with van der Waals surface area (Å²) in [5.41, 5.74) is 11.0. The Morgan fingerprint density at radius 3 is 2.62 bits per heavy atom. The fraction of sp³-hybridized carbons (Fsp3) is 1.00. The Labute approximate surface area is 122 Å². The van der Waals surface area contributed by atoms with Crippen LogP contribution in [0.25, 0.3) is 0 Å². The van der Waals surface area contributed by atoms with Gasteiger partial charge in [0.1, 0.15) is 6.61 Å². The molecule has 16 heavy (non-hydrogen) atoms. The van der Waals surface area contributed by atoms with Crippen LogP contribution in [0.15, 0.2) is 0 Å². The molecule has 0 aromatic rings. The molecule has 2 unspecified atom stereocenters. The van der Waals surface area contributed by atoms with E-state index >= 15 is 0 Å². The van der Waals surface area contributed by atoms with Crippen LogP contribution in [0, 0.1) is 0 Å². The minimum Gasteiger partial charge on any atom is -1.00 e. The molecule has 0 aliphatic rings. The maximum Gasteiger partial charge on any atom is 1.00 e. The van der Waals surface area contributed by atoms with E-state index in [1.165, 1.54) is 0 Å². The summed E-state index contributed by atoms with van der Waals surface area (Å²) in [7, 11) is -2.05. The van der Waals surface area contributed by atoms with Gasteiger partial charge < -0.3 is 12.9 Å². The fourth-order valence-electron chi connectivity index (χ4n) is 1.03. The van der Waals surface area contributed by atoms with E-state index in [1.807, 2.05) is 6.92 Å². The molecule has 0 amide bonds. The van der Waals surface area contributed by atoms with Crippen LogP contribution < -0.4 is 41.0 Å². The summed E-state index contributed by atoms with van der Waals surface area (Å²) in [6, 6.07) is 0. The van der Waals surface area contributed by atoms with Crippen molar-refractivity contribution in [3.05, 3.63) is 0 Å². The van der Waals surface area contributed by atoms with Crippen molar-refractivity contribution in [3.63, 3.8) is 0 Å². The van der Waals surface area contributed by atoms with Crippen LogP contribution in [0.1, 0.15) is 40.5 Å². The maximum absolute atomic E-state index is 11.1. The van der Waals surface area contributed by atoms with Crippen molar-refractivity contribution >= 4 is 8.25 Å². The Balaban J connectivity index is -0.000000980. The van der Waals surface area contributed by atoms with E-state index in [0.717, 1.165) is 25.7 Å². The Morgan fingerprint density at radius 1 is 1.38 bits per heavy atom. The molecule has 2 atom stereocenters. The standard InChI is InChI=1S/C9H22N2O3P.Na.H/c1-2-8-13-15(12)14-9(11)6-4-3-5-7-10;;/h9H,2-8,10-11H2,1H3;;/q2*+1;-1. The smallest absolute Gasteiger partial charge is 1.00 e. The Morgan fingerprint density at radius 2 is 2.06 bits per heavy atom. The van der Waals surface area contributed by atoms with Gasteiger partial charge in [-0.05, 0) is 32.2 Å². The molecule has 5 nitrogen and oxygen atoms in total. The zero-order valence-corrected chi connectivity index (χ0v) is 13.2. The average molecular weight is 261 g/mol. The van der Waals surface area contributed by atoms with E-state index in [9.17, 15) is 4.57 Å². The molecule has 0 heterocycles. The molecule has 0 saturated heterocycles. The Kier molecular flexibility index (Phi) is 16.9. The Hall–Kier alpha value is 0.940. The van der Waals surface area contributed by atoms with Gasteiger partial charge in [0, 0.05) is 4.57 Å². The second-order valence-corrected chi connectivity index (χ2v) is 4.25. The first-order valence-electron chi connectivity index (χ1n) is 5.43. The third kappa shape index (κ3) is 13.0. The molecular weight excluding hydrogens is 238 g/mol. The summed E-state index contributed by atoms with van der Waals surface area (Å²) in [5, 5.41) is 0. The van der Waals surface area contributed by atoms with E-state index in [4.69, 9.17) is 20.5 Å². The van der Waals surface area contributed by atoms with Crippen molar-refractivity contribution in [2.45, 2.75) is 45.3 Å². The predicted molar refractivity (Wildman–Crippen MR) is 61.5 cm³/mol. The van der Waals surface area contributed by atoms with Crippen molar-refractivity contribution in [2.75, 3.05) is 13.2 Å². The molecule has 0 bridgehead atoms. The maximum atomic E-state index is 11.1. The van der Waals surface area contributed by atoms with Crippen LogP contribution in [-0.2, 0) is 13.6 Å². The van der Waals surface area contributed by atoms with Gasteiger partial charge in [0.25, 0.3) is 0 Å². The van der Waals surface area contributed by atoms with Crippen LogP contribution in [0.5, 0.6) is 0 Å². The summed E-state index contributed by atoms with van der Waals surface area (Å²) in [4.78, 5) is 0. The molecule has 0 aliphatic carbocycles. The van der Waals surface area contributed by atoms with Gasteiger partial charge in [0.2, 0.25) is 0 Å². The van der Waals surface area contributed by atoms with Crippen LogP contribution in [0.4, 0.5) is 0 Å². The first kappa shape index (κ1) is 19.3. The summed E-state index contributed by atoms with van der Waals surface area (Å²) >= 11 is 0. The minimum atomic E-state index is -2.05. The second-order valence-electron chi connectivity index (χ2n) is 3.34. The van der Waals surface area contributed by atoms with Crippen LogP contribution in [-0.4, -0.2) is 19.4 Å². The molecular formula is C9H23N2NaO3P+. The summed E-state index contributed by atoms with van der Waals surface area (Å²) < 4.78 is 20.9. The summed E-state index contributed by atoms with van der Waals surface area (Å²) in [6.45, 7) is 3.08. The number of hydrogen-bond acceptors (Lipinski definition) is 5. The summed E-state index contributed by atoms with van der Waals surface area (Å²) in [5.74, 6) is 0. The zero-order chi connectivity index (χ0) is 11.5. The molecule has 0 saturated carbocycles. The third-order valence-corrected chi connectivity index (χ3v) is 2.65. The Bertz CT molecular complexity index is 180. The molecule has 7 heteroatoms. The van der Waals surface area contributed by atoms with Gasteiger partial charge in [0.15, 0.2) is 6.23 Å². The van der Waals surface area contributed by atoms with E-state index in [1.54, 1.807) is 0 Å². The van der Waals surface area contributed by atoms with Crippen molar-refractivity contribution in [1.29, 1.82) is 0 Å². The van der Waals surface area contributed by atoms with Crippen molar-refractivity contribution in [3.8, 4) is 0 Å². The van der Waals surface area contributed by atoms with Crippen LogP contribution >= 0.6 is 8.25 Å². The average Bonchev–Trinajstić information content (AvgIpc) is 2.21. The van der Waals surface area contributed by atoms with Crippen molar-refractivity contribution in [2.24, 2.45) is 11.5 Å². The molecule has 0 aromatic heterocycles.